The quantitative estimate of drug-likeness (QED) is 0.551. The van der Waals surface area contributed by atoms with Gasteiger partial charge < -0.3 is 9.88 Å². The van der Waals surface area contributed by atoms with Gasteiger partial charge in [0.2, 0.25) is 0 Å². The van der Waals surface area contributed by atoms with Crippen molar-refractivity contribution in [1.82, 2.24) is 19.7 Å². The topological polar surface area (TPSA) is 98.8 Å². The van der Waals surface area contributed by atoms with Crippen molar-refractivity contribution in [1.29, 1.82) is 0 Å². The molecule has 0 amide bonds. The number of thiazole rings is 1. The molecule has 23 heavy (non-hydrogen) atoms. The van der Waals surface area contributed by atoms with Crippen LogP contribution in [0, 0.1) is 10.1 Å². The summed E-state index contributed by atoms with van der Waals surface area (Å²) < 4.78 is 2.95. The van der Waals surface area contributed by atoms with Gasteiger partial charge in [0.15, 0.2) is 5.13 Å². The van der Waals surface area contributed by atoms with Gasteiger partial charge in [0.1, 0.15) is 12.2 Å². The fraction of sp³-hybridized carbons (Fsp3) is 0.357. The lowest BCUT2D eigenvalue weighted by Crippen LogP contribution is -2.09. The smallest absolute Gasteiger partial charge is 0.270 e. The number of rotatable bonds is 6. The molecule has 1 aliphatic rings. The summed E-state index contributed by atoms with van der Waals surface area (Å²) in [6.45, 7) is 0.702. The molecule has 1 N–H and O–H groups in total. The first kappa shape index (κ1) is 14.1. The van der Waals surface area contributed by atoms with Crippen LogP contribution in [0.25, 0.3) is 10.2 Å². The molecule has 1 fully saturated rings. The van der Waals surface area contributed by atoms with Gasteiger partial charge in [-0.15, -0.1) is 10.2 Å². The third-order valence-corrected chi connectivity index (χ3v) is 4.77. The van der Waals surface area contributed by atoms with Gasteiger partial charge in [-0.05, 0) is 18.9 Å². The van der Waals surface area contributed by atoms with E-state index in [1.165, 1.54) is 30.2 Å². The van der Waals surface area contributed by atoms with Gasteiger partial charge in [-0.2, -0.15) is 0 Å². The first-order valence-corrected chi connectivity index (χ1v) is 8.19. The monoisotopic (exact) mass is 330 g/mol. The summed E-state index contributed by atoms with van der Waals surface area (Å²) in [6.07, 6.45) is 4.97. The Morgan fingerprint density at radius 2 is 2.30 bits per heavy atom. The van der Waals surface area contributed by atoms with Crippen LogP contribution in [0.1, 0.15) is 24.7 Å². The van der Waals surface area contributed by atoms with Crippen molar-refractivity contribution >= 4 is 32.4 Å². The highest BCUT2D eigenvalue weighted by Gasteiger charge is 2.25. The summed E-state index contributed by atoms with van der Waals surface area (Å²) >= 11 is 1.42. The van der Waals surface area contributed by atoms with E-state index < -0.39 is 4.92 Å². The van der Waals surface area contributed by atoms with Crippen molar-refractivity contribution in [3.63, 3.8) is 0 Å². The number of fused-ring (bicyclic) bond motifs is 1. The molecule has 2 aromatic heterocycles. The fourth-order valence-corrected chi connectivity index (χ4v) is 3.41. The molecule has 0 spiro atoms. The van der Waals surface area contributed by atoms with Crippen molar-refractivity contribution in [3.8, 4) is 0 Å². The predicted octanol–water partition coefficient (Wildman–Crippen LogP) is 2.79. The minimum Gasteiger partial charge on any atom is -0.361 e. The minimum absolute atomic E-state index is 0.0882. The van der Waals surface area contributed by atoms with Gasteiger partial charge in [0.25, 0.3) is 5.69 Å². The van der Waals surface area contributed by atoms with Crippen LogP contribution < -0.4 is 5.32 Å². The van der Waals surface area contributed by atoms with Crippen molar-refractivity contribution in [3.05, 3.63) is 40.5 Å². The SMILES string of the molecule is O=[N+]([O-])c1ccc2nc(NCCc3nncn3C3CC3)sc2c1. The van der Waals surface area contributed by atoms with Gasteiger partial charge in [0, 0.05) is 31.1 Å². The number of aromatic nitrogens is 4. The summed E-state index contributed by atoms with van der Waals surface area (Å²) in [7, 11) is 0. The molecule has 4 rings (SSSR count). The number of nitro benzene ring substituents is 1. The molecule has 0 unspecified atom stereocenters. The number of benzene rings is 1. The lowest BCUT2D eigenvalue weighted by molar-refractivity contribution is -0.384. The molecule has 118 valence electrons. The molecule has 0 radical (unpaired) electrons. The highest BCUT2D eigenvalue weighted by Crippen LogP contribution is 2.35. The molecule has 8 nitrogen and oxygen atoms in total. The zero-order chi connectivity index (χ0) is 15.8. The Labute approximate surface area is 135 Å². The normalized spacial score (nSPS) is 14.3. The summed E-state index contributed by atoms with van der Waals surface area (Å²) in [5.41, 5.74) is 0.856. The highest BCUT2D eigenvalue weighted by molar-refractivity contribution is 7.22. The van der Waals surface area contributed by atoms with Gasteiger partial charge in [-0.3, -0.25) is 10.1 Å². The first-order chi connectivity index (χ1) is 11.2. The van der Waals surface area contributed by atoms with Gasteiger partial charge in [-0.1, -0.05) is 11.3 Å². The number of nitrogens with one attached hydrogen (secondary N) is 1. The Bertz CT molecular complexity index is 869. The largest absolute Gasteiger partial charge is 0.361 e. The van der Waals surface area contributed by atoms with Gasteiger partial charge >= 0.3 is 0 Å². The zero-order valence-corrected chi connectivity index (χ0v) is 13.0. The van der Waals surface area contributed by atoms with E-state index in [-0.39, 0.29) is 5.69 Å². The van der Waals surface area contributed by atoms with E-state index in [1.807, 2.05) is 0 Å². The molecule has 9 heteroatoms. The first-order valence-electron chi connectivity index (χ1n) is 7.38. The number of hydrogen-bond acceptors (Lipinski definition) is 7. The summed E-state index contributed by atoms with van der Waals surface area (Å²) in [5.74, 6) is 0.983. The highest BCUT2D eigenvalue weighted by atomic mass is 32.1. The standard InChI is InChI=1S/C14H14N6O2S/c21-20(22)10-3-4-11-12(7-10)23-14(17-11)15-6-5-13-18-16-8-19(13)9-1-2-9/h3-4,7-9H,1-2,5-6H2,(H,15,17). The molecule has 1 aliphatic carbocycles. The summed E-state index contributed by atoms with van der Waals surface area (Å²) in [4.78, 5) is 14.9. The average molecular weight is 330 g/mol. The Kier molecular flexibility index (Phi) is 3.41. The van der Waals surface area contributed by atoms with Crippen LogP contribution in [-0.2, 0) is 6.42 Å². The number of non-ortho nitro benzene ring substituents is 1. The van der Waals surface area contributed by atoms with Crippen molar-refractivity contribution < 1.29 is 4.92 Å². The van der Waals surface area contributed by atoms with E-state index in [4.69, 9.17) is 0 Å². The second kappa shape index (κ2) is 5.58. The summed E-state index contributed by atoms with van der Waals surface area (Å²) in [5, 5.41) is 23.0. The zero-order valence-electron chi connectivity index (χ0n) is 12.2. The van der Waals surface area contributed by atoms with E-state index in [0.29, 0.717) is 12.6 Å². The number of nitro groups is 1. The van der Waals surface area contributed by atoms with E-state index in [2.05, 4.69) is 25.1 Å². The van der Waals surface area contributed by atoms with Crippen LogP contribution in [-0.4, -0.2) is 31.2 Å². The van der Waals surface area contributed by atoms with Crippen LogP contribution >= 0.6 is 11.3 Å². The third kappa shape index (κ3) is 2.87. The second-order valence-corrected chi connectivity index (χ2v) is 6.52. The predicted molar refractivity (Wildman–Crippen MR) is 86.8 cm³/mol. The second-order valence-electron chi connectivity index (χ2n) is 5.49. The molecule has 3 aromatic rings. The Morgan fingerprint density at radius 1 is 1.43 bits per heavy atom. The minimum atomic E-state index is -0.392. The number of anilines is 1. The van der Waals surface area contributed by atoms with Crippen LogP contribution in [0.2, 0.25) is 0 Å². The lowest BCUT2D eigenvalue weighted by Gasteiger charge is -2.04. The maximum Gasteiger partial charge on any atom is 0.270 e. The number of nitrogens with zero attached hydrogens (tertiary/aromatic N) is 5. The Balaban J connectivity index is 1.43. The van der Waals surface area contributed by atoms with Crippen LogP contribution in [0.5, 0.6) is 0 Å². The Hall–Kier alpha value is -2.55. The maximum absolute atomic E-state index is 10.8. The maximum atomic E-state index is 10.8. The molecule has 0 saturated heterocycles. The van der Waals surface area contributed by atoms with Crippen LogP contribution in [0.4, 0.5) is 10.8 Å². The molecule has 1 saturated carbocycles. The van der Waals surface area contributed by atoms with E-state index >= 15 is 0 Å². The number of hydrogen-bond donors (Lipinski definition) is 1. The van der Waals surface area contributed by atoms with Crippen LogP contribution in [0.15, 0.2) is 24.5 Å². The summed E-state index contributed by atoms with van der Waals surface area (Å²) in [6, 6.07) is 5.29. The van der Waals surface area contributed by atoms with Crippen molar-refractivity contribution in [2.24, 2.45) is 0 Å². The molecule has 0 bridgehead atoms. The molecule has 1 aromatic carbocycles. The van der Waals surface area contributed by atoms with Gasteiger partial charge in [-0.25, -0.2) is 4.98 Å². The average Bonchev–Trinajstić information content (AvgIpc) is 3.13. The van der Waals surface area contributed by atoms with E-state index in [9.17, 15) is 10.1 Å². The molecular formula is C14H14N6O2S. The Morgan fingerprint density at radius 3 is 3.09 bits per heavy atom. The molecular weight excluding hydrogens is 316 g/mol. The fourth-order valence-electron chi connectivity index (χ4n) is 2.49. The van der Waals surface area contributed by atoms with Crippen molar-refractivity contribution in [2.45, 2.75) is 25.3 Å². The van der Waals surface area contributed by atoms with Crippen molar-refractivity contribution in [2.75, 3.05) is 11.9 Å². The van der Waals surface area contributed by atoms with Crippen LogP contribution in [0.3, 0.4) is 0 Å². The van der Waals surface area contributed by atoms with Gasteiger partial charge in [0.05, 0.1) is 15.1 Å². The van der Waals surface area contributed by atoms with E-state index in [0.717, 1.165) is 27.6 Å². The molecule has 0 aliphatic heterocycles. The lowest BCUT2D eigenvalue weighted by atomic mass is 10.3. The van der Waals surface area contributed by atoms with E-state index in [1.54, 1.807) is 18.5 Å². The third-order valence-electron chi connectivity index (χ3n) is 3.80. The molecule has 0 atom stereocenters. The molecule has 2 heterocycles.